The molecular formula is C20H10I4NaO4+. The van der Waals surface area contributed by atoms with E-state index in [9.17, 15) is 19.8 Å². The van der Waals surface area contributed by atoms with Gasteiger partial charge in [-0.05, 0) is 143 Å². The fraction of sp³-hybridized carbons (Fsp3) is 0. The van der Waals surface area contributed by atoms with Gasteiger partial charge in [-0.1, -0.05) is 18.2 Å². The van der Waals surface area contributed by atoms with Crippen molar-refractivity contribution in [1.82, 2.24) is 0 Å². The number of hydrogen-bond donors (Lipinski definition) is 2. The Kier molecular flexibility index (Phi) is 9.69. The first-order valence-electron chi connectivity index (χ1n) is 7.75. The summed E-state index contributed by atoms with van der Waals surface area (Å²) in [5, 5.41) is 19.9. The van der Waals surface area contributed by atoms with E-state index in [2.05, 4.69) is 45.2 Å². The van der Waals surface area contributed by atoms with Gasteiger partial charge in [-0.15, -0.1) is 0 Å². The Balaban J connectivity index is 0.00000300. The summed E-state index contributed by atoms with van der Waals surface area (Å²) in [4.78, 5) is 24.0. The molecule has 0 aromatic heterocycles. The minimum Gasteiger partial charge on any atom is -0.506 e. The van der Waals surface area contributed by atoms with Crippen molar-refractivity contribution < 1.29 is 49.4 Å². The number of Topliss-reactive ketones (excluding diaryl/α,β-unsaturated/α-hetero) is 1. The molecule has 29 heavy (non-hydrogen) atoms. The Morgan fingerprint density at radius 2 is 1.34 bits per heavy atom. The standard InChI is InChI=1S/C20H10I4O4.Na/c21-13-5-9(6-14(22)18(13)25)17(10-7-15(23)19(26)16(24)8-10)11-3-1-2-4-12(11)20(27)28;/h1-8,25H,(H,27,28);/q;+1. The number of hydrogen-bond acceptors (Lipinski definition) is 3. The van der Waals surface area contributed by atoms with Crippen LogP contribution in [0.25, 0.3) is 5.57 Å². The first-order chi connectivity index (χ1) is 13.2. The van der Waals surface area contributed by atoms with Gasteiger partial charge in [0.15, 0.2) is 0 Å². The van der Waals surface area contributed by atoms with Crippen LogP contribution >= 0.6 is 90.4 Å². The van der Waals surface area contributed by atoms with Crippen LogP contribution in [0.4, 0.5) is 0 Å². The van der Waals surface area contributed by atoms with Crippen LogP contribution in [0.5, 0.6) is 5.75 Å². The monoisotopic (exact) mass is 845 g/mol. The number of allylic oxidation sites excluding steroid dienone is 5. The van der Waals surface area contributed by atoms with Crippen LogP contribution in [-0.2, 0) is 4.79 Å². The van der Waals surface area contributed by atoms with E-state index >= 15 is 0 Å². The summed E-state index contributed by atoms with van der Waals surface area (Å²) in [7, 11) is 0. The average molecular weight is 845 g/mol. The van der Waals surface area contributed by atoms with Gasteiger partial charge in [-0.25, -0.2) is 4.79 Å². The van der Waals surface area contributed by atoms with E-state index < -0.39 is 5.97 Å². The predicted molar refractivity (Wildman–Crippen MR) is 142 cm³/mol. The maximum atomic E-state index is 12.2. The van der Waals surface area contributed by atoms with Gasteiger partial charge in [-0.3, -0.25) is 4.79 Å². The molecule has 0 saturated heterocycles. The van der Waals surface area contributed by atoms with E-state index in [1.54, 1.807) is 36.4 Å². The Bertz CT molecular complexity index is 1070. The number of aromatic carboxylic acids is 1. The first-order valence-corrected chi connectivity index (χ1v) is 12.1. The van der Waals surface area contributed by atoms with Crippen LogP contribution in [-0.4, -0.2) is 22.0 Å². The van der Waals surface area contributed by atoms with E-state index in [1.165, 1.54) is 0 Å². The summed E-state index contributed by atoms with van der Waals surface area (Å²) in [5.74, 6) is -0.887. The SMILES string of the molecule is O=C1C(I)=CC(=C(c2cc(I)c(O)c(I)c2)c2ccccc2C(=O)O)C=C1I.[Na+]. The van der Waals surface area contributed by atoms with Crippen LogP contribution in [0.1, 0.15) is 21.5 Å². The molecular weight excluding hydrogens is 835 g/mol. The Labute approximate surface area is 244 Å². The minimum absolute atomic E-state index is 0. The zero-order valence-corrected chi connectivity index (χ0v) is 25.5. The maximum Gasteiger partial charge on any atom is 1.00 e. The molecule has 0 bridgehead atoms. The number of carboxylic acid groups (broad SMARTS) is 1. The normalized spacial score (nSPS) is 13.4. The number of halogens is 4. The van der Waals surface area contributed by atoms with Crippen molar-refractivity contribution in [2.24, 2.45) is 0 Å². The molecule has 142 valence electrons. The number of carbonyl (C=O) groups is 2. The van der Waals surface area contributed by atoms with Gasteiger partial charge in [0, 0.05) is 0 Å². The van der Waals surface area contributed by atoms with Gasteiger partial charge in [0.1, 0.15) is 5.75 Å². The van der Waals surface area contributed by atoms with E-state index in [-0.39, 0.29) is 46.7 Å². The Morgan fingerprint density at radius 3 is 1.83 bits per heavy atom. The molecule has 1 aliphatic rings. The predicted octanol–water partition coefficient (Wildman–Crippen LogP) is 3.33. The second-order valence-electron chi connectivity index (χ2n) is 5.78. The molecule has 0 saturated carbocycles. The van der Waals surface area contributed by atoms with Crippen molar-refractivity contribution in [2.45, 2.75) is 0 Å². The molecule has 0 atom stereocenters. The second-order valence-corrected chi connectivity index (χ2v) is 10.4. The van der Waals surface area contributed by atoms with Crippen molar-refractivity contribution >= 4 is 108 Å². The van der Waals surface area contributed by atoms with Crippen LogP contribution < -0.4 is 29.6 Å². The van der Waals surface area contributed by atoms with Gasteiger partial charge >= 0.3 is 35.5 Å². The summed E-state index contributed by atoms with van der Waals surface area (Å²) in [6, 6.07) is 10.4. The quantitative estimate of drug-likeness (QED) is 0.368. The van der Waals surface area contributed by atoms with Crippen molar-refractivity contribution in [1.29, 1.82) is 0 Å². The number of ketones is 1. The van der Waals surface area contributed by atoms with Crippen LogP contribution in [0.2, 0.25) is 0 Å². The number of benzene rings is 2. The maximum absolute atomic E-state index is 12.2. The van der Waals surface area contributed by atoms with Crippen LogP contribution in [0.15, 0.2) is 61.3 Å². The van der Waals surface area contributed by atoms with E-state index in [0.717, 1.165) is 11.1 Å². The summed E-state index contributed by atoms with van der Waals surface area (Å²) < 4.78 is 2.45. The van der Waals surface area contributed by atoms with Gasteiger partial charge in [-0.2, -0.15) is 0 Å². The number of phenols is 1. The van der Waals surface area contributed by atoms with Gasteiger partial charge in [0.2, 0.25) is 5.78 Å². The van der Waals surface area contributed by atoms with Crippen molar-refractivity contribution in [3.8, 4) is 5.75 Å². The zero-order valence-electron chi connectivity index (χ0n) is 14.8. The minimum atomic E-state index is -1.03. The molecule has 0 heterocycles. The number of aromatic hydroxyl groups is 1. The zero-order chi connectivity index (χ0) is 20.6. The number of carbonyl (C=O) groups excluding carboxylic acids is 1. The molecule has 0 radical (unpaired) electrons. The Morgan fingerprint density at radius 1 is 0.862 bits per heavy atom. The molecule has 0 unspecified atom stereocenters. The fourth-order valence-electron chi connectivity index (χ4n) is 2.78. The van der Waals surface area contributed by atoms with Gasteiger partial charge in [0.25, 0.3) is 0 Å². The second kappa shape index (κ2) is 10.9. The van der Waals surface area contributed by atoms with Crippen molar-refractivity contribution in [3.05, 3.63) is 85.1 Å². The molecule has 4 nitrogen and oxygen atoms in total. The van der Waals surface area contributed by atoms with E-state index in [4.69, 9.17) is 0 Å². The molecule has 0 aliphatic heterocycles. The van der Waals surface area contributed by atoms with Crippen LogP contribution in [0, 0.1) is 7.14 Å². The summed E-state index contributed by atoms with van der Waals surface area (Å²) >= 11 is 8.10. The van der Waals surface area contributed by atoms with E-state index in [0.29, 0.717) is 25.4 Å². The molecule has 0 spiro atoms. The van der Waals surface area contributed by atoms with Gasteiger partial charge < -0.3 is 10.2 Å². The molecule has 2 aromatic carbocycles. The fourth-order valence-corrected chi connectivity index (χ4v) is 6.32. The number of rotatable bonds is 3. The van der Waals surface area contributed by atoms with E-state index in [1.807, 2.05) is 57.3 Å². The topological polar surface area (TPSA) is 74.6 Å². The van der Waals surface area contributed by atoms with Crippen molar-refractivity contribution in [2.75, 3.05) is 0 Å². The Hall–Kier alpha value is 0.520. The summed E-state index contributed by atoms with van der Waals surface area (Å²) in [6.45, 7) is 0. The third-order valence-corrected chi connectivity index (χ3v) is 7.27. The first kappa shape index (κ1) is 25.8. The molecule has 2 aromatic rings. The molecule has 9 heteroatoms. The average Bonchev–Trinajstić information content (AvgIpc) is 2.64. The molecule has 2 N–H and O–H groups in total. The molecule has 0 amide bonds. The smallest absolute Gasteiger partial charge is 0.506 e. The number of phenolic OH excluding ortho intramolecular Hbond substituents is 1. The molecule has 3 rings (SSSR count). The van der Waals surface area contributed by atoms with Crippen LogP contribution in [0.3, 0.4) is 0 Å². The number of carboxylic acids is 1. The van der Waals surface area contributed by atoms with Gasteiger partial charge in [0.05, 0.1) is 19.9 Å². The molecule has 0 fully saturated rings. The third kappa shape index (κ3) is 5.66. The van der Waals surface area contributed by atoms with Crippen molar-refractivity contribution in [3.63, 3.8) is 0 Å². The molecule has 1 aliphatic carbocycles. The summed E-state index contributed by atoms with van der Waals surface area (Å²) in [6.07, 6.45) is 3.54. The summed E-state index contributed by atoms with van der Waals surface area (Å²) in [5.41, 5.74) is 2.94. The third-order valence-electron chi connectivity index (χ3n) is 4.02. The largest absolute Gasteiger partial charge is 1.00 e.